The van der Waals surface area contributed by atoms with Gasteiger partial charge in [-0.1, -0.05) is 0 Å². The maximum atomic E-state index is 4.47. The third kappa shape index (κ3) is 1.82. The van der Waals surface area contributed by atoms with E-state index in [9.17, 15) is 0 Å². The number of nitrogens with zero attached hydrogens (tertiary/aromatic N) is 2. The highest BCUT2D eigenvalue weighted by Crippen LogP contribution is 2.34. The van der Waals surface area contributed by atoms with Gasteiger partial charge in [-0.2, -0.15) is 0 Å². The molecule has 0 amide bonds. The Kier molecular flexibility index (Phi) is 2.51. The van der Waals surface area contributed by atoms with Crippen molar-refractivity contribution in [2.75, 3.05) is 0 Å². The Morgan fingerprint density at radius 3 is 3.07 bits per heavy atom. The zero-order valence-corrected chi connectivity index (χ0v) is 11.8. The van der Waals surface area contributed by atoms with Crippen molar-refractivity contribution in [3.05, 3.63) is 26.5 Å². The lowest BCUT2D eigenvalue weighted by molar-refractivity contribution is 0.642. The van der Waals surface area contributed by atoms with Gasteiger partial charge in [-0.15, -0.1) is 0 Å². The van der Waals surface area contributed by atoms with Crippen LogP contribution in [0.1, 0.15) is 12.8 Å². The second-order valence-electron chi connectivity index (χ2n) is 4.06. The molecule has 2 aromatic heterocycles. The van der Waals surface area contributed by atoms with Crippen molar-refractivity contribution >= 4 is 49.6 Å². The first-order chi connectivity index (χ1) is 7.25. The van der Waals surface area contributed by atoms with Gasteiger partial charge in [0.25, 0.3) is 0 Å². The van der Waals surface area contributed by atoms with Crippen LogP contribution in [0, 0.1) is 9.49 Å². The van der Waals surface area contributed by atoms with Crippen molar-refractivity contribution in [2.45, 2.75) is 19.4 Å². The molecule has 0 radical (unpaired) electrons. The van der Waals surface area contributed by atoms with Gasteiger partial charge in [-0.3, -0.25) is 0 Å². The number of halogens is 2. The maximum absolute atomic E-state index is 4.47. The van der Waals surface area contributed by atoms with Gasteiger partial charge in [0.15, 0.2) is 0 Å². The SMILES string of the molecule is Brc1ccnc2c1c(I)cn2CC1CC1. The number of aromatic nitrogens is 2. The highest BCUT2D eigenvalue weighted by molar-refractivity contribution is 14.1. The standard InChI is InChI=1S/C11H10BrIN2/c12-8-3-4-14-11-10(8)9(13)6-15(11)5-7-1-2-7/h3-4,6-7H,1-2,5H2. The summed E-state index contributed by atoms with van der Waals surface area (Å²) in [4.78, 5) is 4.47. The zero-order valence-electron chi connectivity index (χ0n) is 8.08. The van der Waals surface area contributed by atoms with Crippen molar-refractivity contribution in [3.8, 4) is 0 Å². The maximum Gasteiger partial charge on any atom is 0.142 e. The molecule has 15 heavy (non-hydrogen) atoms. The van der Waals surface area contributed by atoms with Crippen LogP contribution in [-0.2, 0) is 6.54 Å². The topological polar surface area (TPSA) is 17.8 Å². The van der Waals surface area contributed by atoms with Gasteiger partial charge < -0.3 is 4.57 Å². The minimum absolute atomic E-state index is 0.886. The fraction of sp³-hybridized carbons (Fsp3) is 0.364. The predicted octanol–water partition coefficient (Wildman–Crippen LogP) is 3.81. The monoisotopic (exact) mass is 376 g/mol. The number of pyridine rings is 1. The molecule has 1 fully saturated rings. The number of rotatable bonds is 2. The van der Waals surface area contributed by atoms with E-state index in [-0.39, 0.29) is 0 Å². The van der Waals surface area contributed by atoms with E-state index in [2.05, 4.69) is 54.3 Å². The van der Waals surface area contributed by atoms with Crippen molar-refractivity contribution in [1.82, 2.24) is 9.55 Å². The quantitative estimate of drug-likeness (QED) is 0.728. The first kappa shape index (κ1) is 10.1. The van der Waals surface area contributed by atoms with E-state index in [1.807, 2.05) is 12.3 Å². The average Bonchev–Trinajstić information content (AvgIpc) is 2.94. The van der Waals surface area contributed by atoms with Crippen LogP contribution in [0.5, 0.6) is 0 Å². The Balaban J connectivity index is 2.17. The molecular weight excluding hydrogens is 367 g/mol. The van der Waals surface area contributed by atoms with Gasteiger partial charge in [-0.25, -0.2) is 4.98 Å². The van der Waals surface area contributed by atoms with Crippen molar-refractivity contribution in [1.29, 1.82) is 0 Å². The van der Waals surface area contributed by atoms with E-state index >= 15 is 0 Å². The molecule has 0 spiro atoms. The molecule has 2 aromatic rings. The molecule has 78 valence electrons. The van der Waals surface area contributed by atoms with Crippen molar-refractivity contribution in [2.24, 2.45) is 5.92 Å². The van der Waals surface area contributed by atoms with E-state index in [4.69, 9.17) is 0 Å². The fourth-order valence-corrected chi connectivity index (χ4v) is 3.59. The molecular formula is C11H10BrIN2. The lowest BCUT2D eigenvalue weighted by atomic mass is 10.3. The number of hydrogen-bond donors (Lipinski definition) is 0. The molecule has 3 rings (SSSR count). The molecule has 1 aliphatic carbocycles. The summed E-state index contributed by atoms with van der Waals surface area (Å²) in [7, 11) is 0. The number of fused-ring (bicyclic) bond motifs is 1. The molecule has 2 heterocycles. The van der Waals surface area contributed by atoms with Gasteiger partial charge in [0, 0.05) is 32.4 Å². The molecule has 2 nitrogen and oxygen atoms in total. The number of hydrogen-bond acceptors (Lipinski definition) is 1. The van der Waals surface area contributed by atoms with E-state index in [1.165, 1.54) is 21.8 Å². The Hall–Kier alpha value is -0.100. The Bertz CT molecular complexity index is 517. The van der Waals surface area contributed by atoms with Gasteiger partial charge >= 0.3 is 0 Å². The summed E-state index contributed by atoms with van der Waals surface area (Å²) in [5.74, 6) is 0.886. The second kappa shape index (κ2) is 3.73. The zero-order chi connectivity index (χ0) is 10.4. The summed E-state index contributed by atoms with van der Waals surface area (Å²) in [6, 6.07) is 2.01. The van der Waals surface area contributed by atoms with E-state index < -0.39 is 0 Å². The molecule has 0 aliphatic heterocycles. The normalized spacial score (nSPS) is 16.1. The third-order valence-corrected chi connectivity index (χ3v) is 4.29. The van der Waals surface area contributed by atoms with Crippen LogP contribution in [0.25, 0.3) is 11.0 Å². The smallest absolute Gasteiger partial charge is 0.142 e. The van der Waals surface area contributed by atoms with Crippen LogP contribution in [-0.4, -0.2) is 9.55 Å². The van der Waals surface area contributed by atoms with Crippen molar-refractivity contribution < 1.29 is 0 Å². The van der Waals surface area contributed by atoms with E-state index in [0.29, 0.717) is 0 Å². The van der Waals surface area contributed by atoms with Gasteiger partial charge in [-0.05, 0) is 63.3 Å². The molecule has 0 unspecified atom stereocenters. The lowest BCUT2D eigenvalue weighted by Crippen LogP contribution is -1.98. The predicted molar refractivity (Wildman–Crippen MR) is 72.9 cm³/mol. The molecule has 1 aliphatic rings. The summed E-state index contributed by atoms with van der Waals surface area (Å²) >= 11 is 5.97. The van der Waals surface area contributed by atoms with E-state index in [0.717, 1.165) is 22.6 Å². The molecule has 0 aromatic carbocycles. The summed E-state index contributed by atoms with van der Waals surface area (Å²) in [6.45, 7) is 1.13. The fourth-order valence-electron chi connectivity index (χ4n) is 1.85. The highest BCUT2D eigenvalue weighted by atomic mass is 127. The second-order valence-corrected chi connectivity index (χ2v) is 6.08. The van der Waals surface area contributed by atoms with E-state index in [1.54, 1.807) is 0 Å². The minimum atomic E-state index is 0.886. The first-order valence-corrected chi connectivity index (χ1v) is 6.91. The third-order valence-electron chi connectivity index (χ3n) is 2.81. The highest BCUT2D eigenvalue weighted by Gasteiger charge is 2.23. The molecule has 0 saturated heterocycles. The summed E-state index contributed by atoms with van der Waals surface area (Å²) in [5.41, 5.74) is 1.11. The van der Waals surface area contributed by atoms with Crippen LogP contribution in [0.4, 0.5) is 0 Å². The molecule has 1 saturated carbocycles. The summed E-state index contributed by atoms with van der Waals surface area (Å²) in [5, 5.41) is 1.25. The van der Waals surface area contributed by atoms with Gasteiger partial charge in [0.1, 0.15) is 5.65 Å². The Labute approximate surface area is 110 Å². The largest absolute Gasteiger partial charge is 0.331 e. The van der Waals surface area contributed by atoms with Crippen LogP contribution < -0.4 is 0 Å². The van der Waals surface area contributed by atoms with Crippen LogP contribution >= 0.6 is 38.5 Å². The first-order valence-electron chi connectivity index (χ1n) is 5.04. The van der Waals surface area contributed by atoms with Crippen molar-refractivity contribution in [3.63, 3.8) is 0 Å². The van der Waals surface area contributed by atoms with Crippen LogP contribution in [0.3, 0.4) is 0 Å². The molecule has 4 heteroatoms. The summed E-state index contributed by atoms with van der Waals surface area (Å²) < 4.78 is 4.72. The molecule has 0 atom stereocenters. The van der Waals surface area contributed by atoms with Gasteiger partial charge in [0.05, 0.1) is 0 Å². The molecule has 0 bridgehead atoms. The average molecular weight is 377 g/mol. The lowest BCUT2D eigenvalue weighted by Gasteiger charge is -2.02. The van der Waals surface area contributed by atoms with Crippen LogP contribution in [0.2, 0.25) is 0 Å². The minimum Gasteiger partial charge on any atom is -0.331 e. The van der Waals surface area contributed by atoms with Gasteiger partial charge in [0.2, 0.25) is 0 Å². The Morgan fingerprint density at radius 1 is 1.53 bits per heavy atom. The Morgan fingerprint density at radius 2 is 2.33 bits per heavy atom. The summed E-state index contributed by atoms with van der Waals surface area (Å²) in [6.07, 6.45) is 6.84. The van der Waals surface area contributed by atoms with Crippen LogP contribution in [0.15, 0.2) is 22.9 Å². The molecule has 0 N–H and O–H groups in total.